The Hall–Kier alpha value is -2.82. The lowest BCUT2D eigenvalue weighted by Crippen LogP contribution is -2.50. The largest absolute Gasteiger partial charge is 0.482 e. The number of carbonyl (C=O) groups is 1. The minimum atomic E-state index is -0.512. The fourth-order valence-electron chi connectivity index (χ4n) is 3.88. The minimum absolute atomic E-state index is 0.255. The summed E-state index contributed by atoms with van der Waals surface area (Å²) in [5.41, 5.74) is 1.99. The van der Waals surface area contributed by atoms with Crippen molar-refractivity contribution >= 4 is 11.7 Å². The van der Waals surface area contributed by atoms with Gasteiger partial charge in [-0.1, -0.05) is 30.3 Å². The number of para-hydroxylation sites is 1. The molecule has 0 aliphatic carbocycles. The van der Waals surface area contributed by atoms with Gasteiger partial charge >= 0.3 is 6.09 Å². The van der Waals surface area contributed by atoms with Crippen molar-refractivity contribution in [3.63, 3.8) is 0 Å². The van der Waals surface area contributed by atoms with Gasteiger partial charge in [-0.25, -0.2) is 9.18 Å². The van der Waals surface area contributed by atoms with Crippen molar-refractivity contribution in [3.05, 3.63) is 71.6 Å². The van der Waals surface area contributed by atoms with Crippen LogP contribution in [0.5, 0.6) is 5.75 Å². The number of nitrogens with zero attached hydrogens (tertiary/aromatic N) is 1. The minimum Gasteiger partial charge on any atom is -0.482 e. The number of ether oxygens (including phenoxy) is 2. The van der Waals surface area contributed by atoms with Crippen molar-refractivity contribution < 1.29 is 18.7 Å². The molecule has 1 fully saturated rings. The molecule has 0 radical (unpaired) electrons. The van der Waals surface area contributed by atoms with Gasteiger partial charge in [-0.05, 0) is 56.2 Å². The molecule has 2 heterocycles. The number of amides is 1. The van der Waals surface area contributed by atoms with E-state index in [4.69, 9.17) is 9.47 Å². The summed E-state index contributed by atoms with van der Waals surface area (Å²) in [7, 11) is 0. The molecule has 29 heavy (non-hydrogen) atoms. The van der Waals surface area contributed by atoms with Gasteiger partial charge in [-0.2, -0.15) is 0 Å². The van der Waals surface area contributed by atoms with Crippen molar-refractivity contribution in [1.29, 1.82) is 0 Å². The topological polar surface area (TPSA) is 38.8 Å². The van der Waals surface area contributed by atoms with Gasteiger partial charge in [-0.15, -0.1) is 0 Å². The predicted octanol–water partition coefficient (Wildman–Crippen LogP) is 5.42. The number of carbonyl (C=O) groups excluding carboxylic acids is 1. The lowest BCUT2D eigenvalue weighted by molar-refractivity contribution is -0.00115. The van der Waals surface area contributed by atoms with E-state index in [-0.39, 0.29) is 11.9 Å². The predicted molar refractivity (Wildman–Crippen MR) is 110 cm³/mol. The Kier molecular flexibility index (Phi) is 4.85. The molecule has 0 unspecified atom stereocenters. The van der Waals surface area contributed by atoms with Crippen molar-refractivity contribution in [2.75, 3.05) is 13.1 Å². The molecule has 2 aliphatic heterocycles. The molecule has 2 aromatic carbocycles. The van der Waals surface area contributed by atoms with Crippen LogP contribution in [-0.2, 0) is 4.74 Å². The summed E-state index contributed by atoms with van der Waals surface area (Å²) in [6.45, 7) is 6.73. The highest BCUT2D eigenvalue weighted by Crippen LogP contribution is 2.43. The number of halogens is 1. The summed E-state index contributed by atoms with van der Waals surface area (Å²) < 4.78 is 25.4. The zero-order valence-electron chi connectivity index (χ0n) is 17.1. The van der Waals surface area contributed by atoms with Gasteiger partial charge in [-0.3, -0.25) is 0 Å². The lowest BCUT2D eigenvalue weighted by Gasteiger charge is -2.43. The summed E-state index contributed by atoms with van der Waals surface area (Å²) >= 11 is 0. The fourth-order valence-corrected chi connectivity index (χ4v) is 3.88. The van der Waals surface area contributed by atoms with Gasteiger partial charge in [0.05, 0.1) is 0 Å². The maximum Gasteiger partial charge on any atom is 0.410 e. The number of hydrogen-bond donors (Lipinski definition) is 0. The Morgan fingerprint density at radius 1 is 1.07 bits per heavy atom. The first-order valence-electron chi connectivity index (χ1n) is 10.00. The van der Waals surface area contributed by atoms with E-state index in [1.165, 1.54) is 12.1 Å². The summed E-state index contributed by atoms with van der Waals surface area (Å²) in [5.74, 6) is 0.565. The number of fused-ring (bicyclic) bond motifs is 1. The van der Waals surface area contributed by atoms with Gasteiger partial charge in [0.1, 0.15) is 22.8 Å². The molecule has 1 amide bonds. The summed E-state index contributed by atoms with van der Waals surface area (Å²) in [5, 5.41) is 0. The maximum absolute atomic E-state index is 13.4. The number of likely N-dealkylation sites (tertiary alicyclic amines) is 1. The Bertz CT molecular complexity index is 935. The van der Waals surface area contributed by atoms with Crippen molar-refractivity contribution in [1.82, 2.24) is 4.90 Å². The van der Waals surface area contributed by atoms with Crippen LogP contribution in [0, 0.1) is 5.82 Å². The van der Waals surface area contributed by atoms with Crippen LogP contribution in [0.2, 0.25) is 0 Å². The highest BCUT2D eigenvalue weighted by atomic mass is 19.1. The molecular weight excluding hydrogens is 369 g/mol. The molecular formula is C24H26FNO3. The summed E-state index contributed by atoms with van der Waals surface area (Å²) in [4.78, 5) is 14.2. The van der Waals surface area contributed by atoms with Crippen LogP contribution in [0.1, 0.15) is 44.7 Å². The first kappa shape index (κ1) is 19.5. The van der Waals surface area contributed by atoms with Crippen LogP contribution in [-0.4, -0.2) is 35.3 Å². The van der Waals surface area contributed by atoms with Gasteiger partial charge in [0.25, 0.3) is 0 Å². The molecule has 2 aromatic rings. The second kappa shape index (κ2) is 7.21. The third kappa shape index (κ3) is 4.14. The molecule has 4 nitrogen and oxygen atoms in total. The van der Waals surface area contributed by atoms with Crippen LogP contribution in [0.3, 0.4) is 0 Å². The van der Waals surface area contributed by atoms with Crippen LogP contribution >= 0.6 is 0 Å². The van der Waals surface area contributed by atoms with Crippen LogP contribution in [0.15, 0.2) is 54.6 Å². The molecule has 2 aliphatic rings. The Morgan fingerprint density at radius 2 is 1.72 bits per heavy atom. The van der Waals surface area contributed by atoms with Gasteiger partial charge in [0, 0.05) is 31.5 Å². The average molecular weight is 395 g/mol. The molecule has 1 spiro atoms. The van der Waals surface area contributed by atoms with Gasteiger partial charge in [0.2, 0.25) is 0 Å². The molecule has 0 N–H and O–H groups in total. The molecule has 0 atom stereocenters. The van der Waals surface area contributed by atoms with Crippen LogP contribution < -0.4 is 4.74 Å². The first-order valence-corrected chi connectivity index (χ1v) is 10.00. The van der Waals surface area contributed by atoms with Crippen molar-refractivity contribution in [2.45, 2.75) is 44.8 Å². The van der Waals surface area contributed by atoms with Gasteiger partial charge in [0.15, 0.2) is 0 Å². The standard InChI is InChI=1S/C24H26FNO3/c1-23(2,3)29-22(27)26-14-12-24(13-15-26)16-20(17-8-10-18(25)11-9-17)19-6-4-5-7-21(19)28-24/h4-11,16H,12-15H2,1-3H3. The highest BCUT2D eigenvalue weighted by molar-refractivity contribution is 5.84. The van der Waals surface area contributed by atoms with E-state index in [0.29, 0.717) is 25.9 Å². The molecule has 1 saturated heterocycles. The van der Waals surface area contributed by atoms with E-state index in [0.717, 1.165) is 22.4 Å². The van der Waals surface area contributed by atoms with E-state index in [1.807, 2.05) is 45.0 Å². The van der Waals surface area contributed by atoms with Crippen molar-refractivity contribution in [3.8, 4) is 5.75 Å². The fraction of sp³-hybridized carbons (Fsp3) is 0.375. The van der Waals surface area contributed by atoms with E-state index >= 15 is 0 Å². The zero-order chi connectivity index (χ0) is 20.6. The molecule has 0 aromatic heterocycles. The number of hydrogen-bond acceptors (Lipinski definition) is 3. The summed E-state index contributed by atoms with van der Waals surface area (Å²) in [6.07, 6.45) is 3.21. The van der Waals surface area contributed by atoms with E-state index < -0.39 is 11.2 Å². The second-order valence-electron chi connectivity index (χ2n) is 8.70. The van der Waals surface area contributed by atoms with Gasteiger partial charge < -0.3 is 14.4 Å². The Balaban J connectivity index is 1.61. The Morgan fingerprint density at radius 3 is 2.38 bits per heavy atom. The van der Waals surface area contributed by atoms with E-state index in [2.05, 4.69) is 6.08 Å². The normalized spacial score (nSPS) is 17.9. The third-order valence-corrected chi connectivity index (χ3v) is 5.31. The highest BCUT2D eigenvalue weighted by Gasteiger charge is 2.40. The van der Waals surface area contributed by atoms with Crippen LogP contribution in [0.4, 0.5) is 9.18 Å². The quantitative estimate of drug-likeness (QED) is 0.647. The zero-order valence-corrected chi connectivity index (χ0v) is 17.1. The SMILES string of the molecule is CC(C)(C)OC(=O)N1CCC2(C=C(c3ccc(F)cc3)c3ccccc3O2)CC1. The Labute approximate surface area is 170 Å². The molecule has 0 saturated carbocycles. The molecule has 152 valence electrons. The first-order chi connectivity index (χ1) is 13.7. The second-order valence-corrected chi connectivity index (χ2v) is 8.70. The average Bonchev–Trinajstić information content (AvgIpc) is 2.67. The molecule has 0 bridgehead atoms. The number of benzene rings is 2. The maximum atomic E-state index is 13.4. The summed E-state index contributed by atoms with van der Waals surface area (Å²) in [6, 6.07) is 14.5. The number of rotatable bonds is 1. The molecule has 4 rings (SSSR count). The monoisotopic (exact) mass is 395 g/mol. The van der Waals surface area contributed by atoms with Crippen LogP contribution in [0.25, 0.3) is 5.57 Å². The van der Waals surface area contributed by atoms with E-state index in [1.54, 1.807) is 17.0 Å². The lowest BCUT2D eigenvalue weighted by atomic mass is 9.83. The van der Waals surface area contributed by atoms with Crippen molar-refractivity contribution in [2.24, 2.45) is 0 Å². The smallest absolute Gasteiger partial charge is 0.410 e. The molecule has 5 heteroatoms. The third-order valence-electron chi connectivity index (χ3n) is 5.31. The van der Waals surface area contributed by atoms with E-state index in [9.17, 15) is 9.18 Å². The number of piperidine rings is 1.